The molecule has 0 radical (unpaired) electrons. The molecule has 0 aliphatic carbocycles. The molecular formula is C19H23FN4O2S. The molecule has 0 spiro atoms. The summed E-state index contributed by atoms with van der Waals surface area (Å²) in [5.41, 5.74) is 2.74. The highest BCUT2D eigenvalue weighted by molar-refractivity contribution is 7.92. The van der Waals surface area contributed by atoms with Gasteiger partial charge in [-0.1, -0.05) is 30.3 Å². The molecule has 27 heavy (non-hydrogen) atoms. The number of benzene rings is 2. The number of fused-ring (bicyclic) bond motifs is 1. The fraction of sp³-hybridized carbons (Fsp3) is 0.316. The predicted octanol–water partition coefficient (Wildman–Crippen LogP) is 1.88. The lowest BCUT2D eigenvalue weighted by Gasteiger charge is -2.20. The van der Waals surface area contributed by atoms with Crippen LogP contribution in [0.15, 0.2) is 53.5 Å². The Labute approximate surface area is 159 Å². The number of hydrogen-bond donors (Lipinski definition) is 2. The zero-order chi connectivity index (χ0) is 19.3. The topological polar surface area (TPSA) is 73.8 Å². The highest BCUT2D eigenvalue weighted by Gasteiger charge is 2.28. The van der Waals surface area contributed by atoms with E-state index in [1.54, 1.807) is 19.2 Å². The zero-order valence-corrected chi connectivity index (χ0v) is 16.0. The smallest absolute Gasteiger partial charge is 0.236 e. The van der Waals surface area contributed by atoms with Gasteiger partial charge in [0.25, 0.3) is 0 Å². The van der Waals surface area contributed by atoms with Crippen molar-refractivity contribution < 1.29 is 12.8 Å². The second-order valence-electron chi connectivity index (χ2n) is 6.25. The van der Waals surface area contributed by atoms with Gasteiger partial charge in [0.1, 0.15) is 5.82 Å². The van der Waals surface area contributed by atoms with Gasteiger partial charge in [0.05, 0.1) is 11.4 Å². The number of para-hydroxylation sites is 1. The SMILES string of the molecule is CN=C(NCCS(=O)(=O)N1CCc2ccccc21)NCc1ccc(F)cc1. The van der Waals surface area contributed by atoms with E-state index < -0.39 is 10.0 Å². The summed E-state index contributed by atoms with van der Waals surface area (Å²) in [4.78, 5) is 4.09. The standard InChI is InChI=1S/C19H23FN4O2S/c1-21-19(23-14-15-6-8-17(20)9-7-15)22-11-13-27(25,26)24-12-10-16-4-2-3-5-18(16)24/h2-9H,10-14H2,1H3,(H2,21,22,23). The summed E-state index contributed by atoms with van der Waals surface area (Å²) in [6, 6.07) is 13.7. The van der Waals surface area contributed by atoms with Crippen LogP contribution in [0.2, 0.25) is 0 Å². The average Bonchev–Trinajstić information content (AvgIpc) is 3.11. The molecule has 0 fully saturated rings. The van der Waals surface area contributed by atoms with E-state index in [0.29, 0.717) is 19.0 Å². The van der Waals surface area contributed by atoms with Crippen LogP contribution in [0.5, 0.6) is 0 Å². The third-order valence-corrected chi connectivity index (χ3v) is 6.20. The molecule has 6 nitrogen and oxygen atoms in total. The lowest BCUT2D eigenvalue weighted by Crippen LogP contribution is -2.41. The van der Waals surface area contributed by atoms with E-state index in [-0.39, 0.29) is 18.1 Å². The minimum atomic E-state index is -3.40. The fourth-order valence-corrected chi connectivity index (χ4v) is 4.44. The van der Waals surface area contributed by atoms with Crippen molar-refractivity contribution in [3.05, 3.63) is 65.5 Å². The summed E-state index contributed by atoms with van der Waals surface area (Å²) < 4.78 is 39.8. The molecule has 0 atom stereocenters. The van der Waals surface area contributed by atoms with Crippen molar-refractivity contribution >= 4 is 21.7 Å². The van der Waals surface area contributed by atoms with E-state index in [2.05, 4.69) is 15.6 Å². The molecule has 1 aliphatic rings. The van der Waals surface area contributed by atoms with Crippen LogP contribution in [0, 0.1) is 5.82 Å². The second kappa shape index (κ2) is 8.39. The Morgan fingerprint density at radius 2 is 1.89 bits per heavy atom. The highest BCUT2D eigenvalue weighted by Crippen LogP contribution is 2.29. The van der Waals surface area contributed by atoms with Crippen LogP contribution >= 0.6 is 0 Å². The van der Waals surface area contributed by atoms with Gasteiger partial charge in [0, 0.05) is 26.7 Å². The number of halogens is 1. The number of guanidine groups is 1. The molecule has 2 aromatic carbocycles. The zero-order valence-electron chi connectivity index (χ0n) is 15.2. The summed E-state index contributed by atoms with van der Waals surface area (Å²) in [5, 5.41) is 6.10. The first-order valence-corrected chi connectivity index (χ1v) is 10.4. The number of sulfonamides is 1. The molecule has 0 amide bonds. The van der Waals surface area contributed by atoms with Crippen molar-refractivity contribution in [3.8, 4) is 0 Å². The van der Waals surface area contributed by atoms with Crippen LogP contribution in [0.4, 0.5) is 10.1 Å². The van der Waals surface area contributed by atoms with E-state index in [1.807, 2.05) is 24.3 Å². The van der Waals surface area contributed by atoms with Crippen LogP contribution in [0.25, 0.3) is 0 Å². The summed E-state index contributed by atoms with van der Waals surface area (Å²) in [7, 11) is -1.79. The van der Waals surface area contributed by atoms with Gasteiger partial charge >= 0.3 is 0 Å². The molecule has 0 saturated carbocycles. The number of rotatable bonds is 6. The molecule has 0 unspecified atom stereocenters. The Morgan fingerprint density at radius 3 is 2.63 bits per heavy atom. The minimum Gasteiger partial charge on any atom is -0.355 e. The molecule has 0 aromatic heterocycles. The summed E-state index contributed by atoms with van der Waals surface area (Å²) in [5.74, 6) is 0.185. The molecule has 0 saturated heterocycles. The molecular weight excluding hydrogens is 367 g/mol. The van der Waals surface area contributed by atoms with Gasteiger partial charge in [-0.25, -0.2) is 12.8 Å². The maximum Gasteiger partial charge on any atom is 0.236 e. The normalized spacial score (nSPS) is 14.1. The van der Waals surface area contributed by atoms with Crippen LogP contribution in [0.3, 0.4) is 0 Å². The highest BCUT2D eigenvalue weighted by atomic mass is 32.2. The first-order chi connectivity index (χ1) is 13.0. The first kappa shape index (κ1) is 19.2. The van der Waals surface area contributed by atoms with E-state index in [4.69, 9.17) is 0 Å². The number of anilines is 1. The van der Waals surface area contributed by atoms with Gasteiger partial charge in [-0.3, -0.25) is 9.30 Å². The average molecular weight is 390 g/mol. The summed E-state index contributed by atoms with van der Waals surface area (Å²) >= 11 is 0. The van der Waals surface area contributed by atoms with Gasteiger partial charge in [0.2, 0.25) is 10.0 Å². The molecule has 1 aliphatic heterocycles. The van der Waals surface area contributed by atoms with Gasteiger partial charge in [-0.05, 0) is 35.7 Å². The quantitative estimate of drug-likeness (QED) is 0.584. The Morgan fingerprint density at radius 1 is 1.15 bits per heavy atom. The van der Waals surface area contributed by atoms with E-state index in [9.17, 15) is 12.8 Å². The van der Waals surface area contributed by atoms with E-state index in [1.165, 1.54) is 16.4 Å². The molecule has 3 rings (SSSR count). The lowest BCUT2D eigenvalue weighted by molar-refractivity contribution is 0.591. The Bertz CT molecular complexity index is 914. The third kappa shape index (κ3) is 4.77. The van der Waals surface area contributed by atoms with Crippen molar-refractivity contribution in [2.24, 2.45) is 4.99 Å². The first-order valence-electron chi connectivity index (χ1n) is 8.77. The maximum atomic E-state index is 12.9. The molecule has 2 aromatic rings. The molecule has 0 bridgehead atoms. The number of aliphatic imine (C=N–C) groups is 1. The van der Waals surface area contributed by atoms with Gasteiger partial charge in [-0.15, -0.1) is 0 Å². The van der Waals surface area contributed by atoms with Crippen molar-refractivity contribution in [3.63, 3.8) is 0 Å². The monoisotopic (exact) mass is 390 g/mol. The van der Waals surface area contributed by atoms with Gasteiger partial charge < -0.3 is 10.6 Å². The van der Waals surface area contributed by atoms with E-state index in [0.717, 1.165) is 23.2 Å². The number of hydrogen-bond acceptors (Lipinski definition) is 3. The lowest BCUT2D eigenvalue weighted by atomic mass is 10.2. The maximum absolute atomic E-state index is 12.9. The van der Waals surface area contributed by atoms with E-state index >= 15 is 0 Å². The largest absolute Gasteiger partial charge is 0.355 e. The van der Waals surface area contributed by atoms with Crippen molar-refractivity contribution in [2.75, 3.05) is 30.2 Å². The summed E-state index contributed by atoms with van der Waals surface area (Å²) in [6.07, 6.45) is 0.740. The van der Waals surface area contributed by atoms with Crippen LogP contribution < -0.4 is 14.9 Å². The van der Waals surface area contributed by atoms with Crippen LogP contribution in [-0.2, 0) is 23.0 Å². The van der Waals surface area contributed by atoms with Crippen molar-refractivity contribution in [1.29, 1.82) is 0 Å². The third-order valence-electron chi connectivity index (χ3n) is 4.43. The second-order valence-corrected chi connectivity index (χ2v) is 8.26. The predicted molar refractivity (Wildman–Crippen MR) is 106 cm³/mol. The Balaban J connectivity index is 1.51. The Kier molecular flexibility index (Phi) is 5.95. The van der Waals surface area contributed by atoms with Gasteiger partial charge in [-0.2, -0.15) is 0 Å². The van der Waals surface area contributed by atoms with Crippen molar-refractivity contribution in [1.82, 2.24) is 10.6 Å². The number of nitrogens with zero attached hydrogens (tertiary/aromatic N) is 2. The van der Waals surface area contributed by atoms with Crippen LogP contribution in [-0.4, -0.2) is 40.3 Å². The molecule has 144 valence electrons. The van der Waals surface area contributed by atoms with Crippen molar-refractivity contribution in [2.45, 2.75) is 13.0 Å². The molecule has 1 heterocycles. The minimum absolute atomic E-state index is 0.0292. The molecule has 8 heteroatoms. The summed E-state index contributed by atoms with van der Waals surface area (Å²) in [6.45, 7) is 1.19. The fourth-order valence-electron chi connectivity index (χ4n) is 3.01. The Hall–Kier alpha value is -2.61. The number of nitrogens with one attached hydrogen (secondary N) is 2. The van der Waals surface area contributed by atoms with Crippen LogP contribution in [0.1, 0.15) is 11.1 Å². The van der Waals surface area contributed by atoms with Gasteiger partial charge in [0.15, 0.2) is 5.96 Å². The molecule has 2 N–H and O–H groups in total.